The molecular formula is C12H18N3O7-. The van der Waals surface area contributed by atoms with Gasteiger partial charge in [0.1, 0.15) is 6.04 Å². The average molecular weight is 316 g/mol. The van der Waals surface area contributed by atoms with Crippen LogP contribution in [-0.4, -0.2) is 65.0 Å². The number of rotatable bonds is 7. The molecule has 0 unspecified atom stereocenters. The highest BCUT2D eigenvalue weighted by Crippen LogP contribution is 2.18. The van der Waals surface area contributed by atoms with Gasteiger partial charge in [0.05, 0.1) is 18.1 Å². The quantitative estimate of drug-likeness (QED) is 0.418. The SMILES string of the molecule is [NH3+]CC(=O)N1C[C@H](O)C[C@H]1C(=O)N[C@@H](CCC(=O)[O-])C(=O)[O-]. The number of hydrogen-bond donors (Lipinski definition) is 3. The van der Waals surface area contributed by atoms with E-state index >= 15 is 0 Å². The number of carbonyl (C=O) groups is 4. The van der Waals surface area contributed by atoms with Crippen molar-refractivity contribution in [1.82, 2.24) is 10.2 Å². The van der Waals surface area contributed by atoms with Crippen LogP contribution in [0.5, 0.6) is 0 Å². The van der Waals surface area contributed by atoms with E-state index in [-0.39, 0.29) is 19.5 Å². The number of aliphatic carboxylic acids is 2. The number of nitrogens with zero attached hydrogens (tertiary/aromatic N) is 1. The van der Waals surface area contributed by atoms with Gasteiger partial charge in [-0.2, -0.15) is 0 Å². The molecule has 0 aromatic carbocycles. The van der Waals surface area contributed by atoms with E-state index in [9.17, 15) is 34.5 Å². The van der Waals surface area contributed by atoms with E-state index in [0.29, 0.717) is 0 Å². The Morgan fingerprint density at radius 2 is 1.95 bits per heavy atom. The smallest absolute Gasteiger partial charge is 0.278 e. The first-order valence-electron chi connectivity index (χ1n) is 6.74. The predicted octanol–water partition coefficient (Wildman–Crippen LogP) is -6.05. The van der Waals surface area contributed by atoms with Crippen LogP contribution in [0.2, 0.25) is 0 Å². The number of aliphatic hydroxyl groups is 1. The van der Waals surface area contributed by atoms with Crippen LogP contribution in [0, 0.1) is 0 Å². The molecule has 22 heavy (non-hydrogen) atoms. The summed E-state index contributed by atoms with van der Waals surface area (Å²) in [5, 5.41) is 33.0. The van der Waals surface area contributed by atoms with Gasteiger partial charge in [0, 0.05) is 18.9 Å². The second-order valence-corrected chi connectivity index (χ2v) is 4.99. The van der Waals surface area contributed by atoms with Crippen LogP contribution in [-0.2, 0) is 19.2 Å². The zero-order valence-electron chi connectivity index (χ0n) is 11.8. The third-order valence-electron chi connectivity index (χ3n) is 3.35. The third kappa shape index (κ3) is 4.67. The minimum atomic E-state index is -1.64. The largest absolute Gasteiger partial charge is 0.550 e. The lowest BCUT2D eigenvalue weighted by molar-refractivity contribution is -0.357. The van der Waals surface area contributed by atoms with Gasteiger partial charge in [-0.05, 0) is 12.8 Å². The summed E-state index contributed by atoms with van der Waals surface area (Å²) in [5.74, 6) is -4.32. The van der Waals surface area contributed by atoms with Gasteiger partial charge in [0.25, 0.3) is 5.91 Å². The van der Waals surface area contributed by atoms with Crippen LogP contribution < -0.4 is 21.3 Å². The summed E-state index contributed by atoms with van der Waals surface area (Å²) in [6.45, 7) is -0.146. The number of carboxylic acids is 2. The molecule has 0 aromatic rings. The molecule has 1 rings (SSSR count). The standard InChI is InChI=1S/C12H19N3O7/c13-4-9(17)15-5-6(16)3-8(15)11(20)14-7(12(21)22)1-2-10(18)19/h6-8,16H,1-5,13H2,(H,14,20)(H,18,19)(H,21,22)/p-1/t6-,7+,8+/m1/s1. The number of carboxylic acid groups (broad SMARTS) is 2. The van der Waals surface area contributed by atoms with E-state index < -0.39 is 54.8 Å². The monoisotopic (exact) mass is 316 g/mol. The zero-order valence-corrected chi connectivity index (χ0v) is 11.8. The van der Waals surface area contributed by atoms with E-state index in [1.807, 2.05) is 0 Å². The van der Waals surface area contributed by atoms with Crippen molar-refractivity contribution in [2.45, 2.75) is 37.5 Å². The summed E-state index contributed by atoms with van der Waals surface area (Å²) in [5.41, 5.74) is 3.41. The molecule has 1 saturated heterocycles. The summed E-state index contributed by atoms with van der Waals surface area (Å²) in [6, 6.07) is -2.53. The van der Waals surface area contributed by atoms with Crippen LogP contribution in [0.3, 0.4) is 0 Å². The van der Waals surface area contributed by atoms with Crippen molar-refractivity contribution < 1.29 is 40.2 Å². The molecule has 2 amide bonds. The Morgan fingerprint density at radius 1 is 1.32 bits per heavy atom. The van der Waals surface area contributed by atoms with Gasteiger partial charge in [-0.15, -0.1) is 0 Å². The van der Waals surface area contributed by atoms with Gasteiger partial charge in [-0.1, -0.05) is 0 Å². The molecule has 10 nitrogen and oxygen atoms in total. The second kappa shape index (κ2) is 7.71. The van der Waals surface area contributed by atoms with Crippen LogP contribution in [0.4, 0.5) is 0 Å². The number of nitrogens with one attached hydrogen (secondary N) is 1. The van der Waals surface area contributed by atoms with Crippen molar-refractivity contribution in [3.05, 3.63) is 0 Å². The Balaban J connectivity index is 2.73. The first kappa shape index (κ1) is 17.9. The molecule has 1 aliphatic heterocycles. The summed E-state index contributed by atoms with van der Waals surface area (Å²) in [4.78, 5) is 46.2. The molecule has 5 N–H and O–H groups in total. The van der Waals surface area contributed by atoms with Gasteiger partial charge in [-0.3, -0.25) is 9.59 Å². The first-order chi connectivity index (χ1) is 10.3. The first-order valence-corrected chi connectivity index (χ1v) is 6.74. The van der Waals surface area contributed by atoms with Crippen molar-refractivity contribution in [2.24, 2.45) is 0 Å². The summed E-state index contributed by atoms with van der Waals surface area (Å²) in [7, 11) is 0. The van der Waals surface area contributed by atoms with Crippen LogP contribution in [0.15, 0.2) is 0 Å². The fraction of sp³-hybridized carbons (Fsp3) is 0.667. The Labute approximate surface area is 125 Å². The van der Waals surface area contributed by atoms with Gasteiger partial charge in [-0.25, -0.2) is 0 Å². The molecule has 1 fully saturated rings. The number of carbonyl (C=O) groups excluding carboxylic acids is 4. The van der Waals surface area contributed by atoms with E-state index in [0.717, 1.165) is 4.90 Å². The summed E-state index contributed by atoms with van der Waals surface area (Å²) >= 11 is 0. The maximum atomic E-state index is 12.1. The lowest BCUT2D eigenvalue weighted by Gasteiger charge is -2.26. The average Bonchev–Trinajstić information content (AvgIpc) is 2.83. The van der Waals surface area contributed by atoms with Crippen molar-refractivity contribution in [1.29, 1.82) is 0 Å². The molecular weight excluding hydrogens is 298 g/mol. The molecule has 0 radical (unpaired) electrons. The summed E-state index contributed by atoms with van der Waals surface area (Å²) in [6.07, 6.45) is -1.88. The van der Waals surface area contributed by atoms with Crippen molar-refractivity contribution in [3.63, 3.8) is 0 Å². The predicted molar refractivity (Wildman–Crippen MR) is 65.1 cm³/mol. The highest BCUT2D eigenvalue weighted by Gasteiger charge is 2.39. The molecule has 3 atom stereocenters. The number of aliphatic hydroxyl groups excluding tert-OH is 1. The Hall–Kier alpha value is -2.20. The molecule has 1 aliphatic rings. The molecule has 1 heterocycles. The third-order valence-corrected chi connectivity index (χ3v) is 3.35. The second-order valence-electron chi connectivity index (χ2n) is 4.99. The van der Waals surface area contributed by atoms with E-state index in [4.69, 9.17) is 0 Å². The Morgan fingerprint density at radius 3 is 2.45 bits per heavy atom. The zero-order chi connectivity index (χ0) is 16.9. The number of quaternary nitrogens is 1. The number of likely N-dealkylation sites (tertiary alicyclic amines) is 1. The Kier molecular flexibility index (Phi) is 6.25. The lowest BCUT2D eigenvalue weighted by atomic mass is 10.1. The highest BCUT2D eigenvalue weighted by atomic mass is 16.4. The van der Waals surface area contributed by atoms with Crippen molar-refractivity contribution >= 4 is 23.8 Å². The minimum absolute atomic E-state index is 0.0299. The molecule has 0 aromatic heterocycles. The molecule has 0 aliphatic carbocycles. The fourth-order valence-corrected chi connectivity index (χ4v) is 2.26. The van der Waals surface area contributed by atoms with Crippen LogP contribution in [0.1, 0.15) is 19.3 Å². The van der Waals surface area contributed by atoms with E-state index in [1.165, 1.54) is 0 Å². The lowest BCUT2D eigenvalue weighted by Crippen LogP contribution is -2.60. The normalized spacial score (nSPS) is 22.2. The van der Waals surface area contributed by atoms with Crippen LogP contribution in [0.25, 0.3) is 0 Å². The van der Waals surface area contributed by atoms with Crippen molar-refractivity contribution in [3.8, 4) is 0 Å². The number of hydrogen-bond acceptors (Lipinski definition) is 7. The van der Waals surface area contributed by atoms with Crippen LogP contribution >= 0.6 is 0 Å². The van der Waals surface area contributed by atoms with Gasteiger partial charge in [0.15, 0.2) is 6.54 Å². The minimum Gasteiger partial charge on any atom is -0.550 e. The van der Waals surface area contributed by atoms with Gasteiger partial charge < -0.3 is 40.9 Å². The van der Waals surface area contributed by atoms with Gasteiger partial charge in [0.2, 0.25) is 5.91 Å². The van der Waals surface area contributed by atoms with Crippen molar-refractivity contribution in [2.75, 3.05) is 13.1 Å². The topological polar surface area (TPSA) is 178 Å². The van der Waals surface area contributed by atoms with E-state index in [2.05, 4.69) is 11.1 Å². The Bertz CT molecular complexity index is 468. The maximum absolute atomic E-state index is 12.1. The summed E-state index contributed by atoms with van der Waals surface area (Å²) < 4.78 is 0. The van der Waals surface area contributed by atoms with Gasteiger partial charge >= 0.3 is 0 Å². The molecule has 0 bridgehead atoms. The molecule has 0 spiro atoms. The van der Waals surface area contributed by atoms with E-state index in [1.54, 1.807) is 0 Å². The fourth-order valence-electron chi connectivity index (χ4n) is 2.26. The molecule has 10 heteroatoms. The number of β-amino-alcohol motifs (C(OH)–C–C–N with tert-alkyl or cyclic N) is 1. The molecule has 0 saturated carbocycles. The number of amides is 2. The molecule has 124 valence electrons. The maximum Gasteiger partial charge on any atom is 0.278 e. The highest BCUT2D eigenvalue weighted by molar-refractivity contribution is 5.91.